The van der Waals surface area contributed by atoms with E-state index in [0.29, 0.717) is 30.1 Å². The number of para-hydroxylation sites is 1. The van der Waals surface area contributed by atoms with Gasteiger partial charge < -0.3 is 14.6 Å². The van der Waals surface area contributed by atoms with Crippen LogP contribution in [0.2, 0.25) is 0 Å². The molecular formula is C16H20N2O3. The number of rotatable bonds is 5. The Morgan fingerprint density at radius 1 is 1.33 bits per heavy atom. The van der Waals surface area contributed by atoms with Crippen molar-refractivity contribution in [3.63, 3.8) is 0 Å². The Kier molecular flexibility index (Phi) is 4.39. The Morgan fingerprint density at radius 3 is 2.76 bits per heavy atom. The highest BCUT2D eigenvalue weighted by atomic mass is 16.5. The fraction of sp³-hybridized carbons (Fsp3) is 0.562. The van der Waals surface area contributed by atoms with Crippen LogP contribution in [0.1, 0.15) is 18.4 Å². The number of morpholine rings is 1. The number of ether oxygens (including phenoxy) is 2. The summed E-state index contributed by atoms with van der Waals surface area (Å²) in [6, 6.07) is 9.17. The van der Waals surface area contributed by atoms with E-state index in [1.54, 1.807) is 18.2 Å². The van der Waals surface area contributed by atoms with Gasteiger partial charge in [-0.05, 0) is 25.0 Å². The van der Waals surface area contributed by atoms with E-state index in [4.69, 9.17) is 14.7 Å². The molecule has 0 saturated carbocycles. The van der Waals surface area contributed by atoms with E-state index >= 15 is 0 Å². The molecule has 2 aliphatic rings. The Hall–Kier alpha value is -1.61. The van der Waals surface area contributed by atoms with Gasteiger partial charge in [0.15, 0.2) is 0 Å². The average Bonchev–Trinajstić information content (AvgIpc) is 2.84. The lowest BCUT2D eigenvalue weighted by atomic mass is 10.2. The molecule has 1 N–H and O–H groups in total. The molecule has 0 spiro atoms. The number of fused-ring (bicyclic) bond motifs is 2. The minimum Gasteiger partial charge on any atom is -0.489 e. The topological polar surface area (TPSA) is 65.7 Å². The molecule has 0 radical (unpaired) electrons. The van der Waals surface area contributed by atoms with Crippen molar-refractivity contribution >= 4 is 0 Å². The fourth-order valence-electron chi connectivity index (χ4n) is 3.07. The van der Waals surface area contributed by atoms with Crippen molar-refractivity contribution in [1.82, 2.24) is 4.90 Å². The Balaban J connectivity index is 1.48. The van der Waals surface area contributed by atoms with Gasteiger partial charge in [0, 0.05) is 19.6 Å². The molecule has 0 aliphatic carbocycles. The molecule has 0 amide bonds. The summed E-state index contributed by atoms with van der Waals surface area (Å²) < 4.78 is 11.3. The zero-order valence-corrected chi connectivity index (χ0v) is 11.9. The number of nitrogens with zero attached hydrogens (tertiary/aromatic N) is 2. The summed E-state index contributed by atoms with van der Waals surface area (Å²) in [5, 5.41) is 19.1. The van der Waals surface area contributed by atoms with Crippen molar-refractivity contribution in [2.24, 2.45) is 0 Å². The molecule has 2 heterocycles. The number of aliphatic hydroxyl groups excluding tert-OH is 1. The van der Waals surface area contributed by atoms with Gasteiger partial charge >= 0.3 is 0 Å². The molecule has 5 heteroatoms. The van der Waals surface area contributed by atoms with Gasteiger partial charge in [-0.15, -0.1) is 0 Å². The van der Waals surface area contributed by atoms with Crippen LogP contribution in [-0.4, -0.2) is 54.6 Å². The highest BCUT2D eigenvalue weighted by Gasteiger charge is 2.34. The van der Waals surface area contributed by atoms with Gasteiger partial charge in [-0.25, -0.2) is 0 Å². The zero-order valence-electron chi connectivity index (χ0n) is 11.9. The highest BCUT2D eigenvalue weighted by Crippen LogP contribution is 2.26. The molecule has 21 heavy (non-hydrogen) atoms. The van der Waals surface area contributed by atoms with Gasteiger partial charge in [-0.2, -0.15) is 5.26 Å². The van der Waals surface area contributed by atoms with E-state index < -0.39 is 6.10 Å². The first-order valence-corrected chi connectivity index (χ1v) is 7.42. The van der Waals surface area contributed by atoms with Gasteiger partial charge in [0.1, 0.15) is 24.5 Å². The van der Waals surface area contributed by atoms with Crippen molar-refractivity contribution in [1.29, 1.82) is 5.26 Å². The van der Waals surface area contributed by atoms with E-state index in [1.807, 2.05) is 6.07 Å². The van der Waals surface area contributed by atoms with Crippen molar-refractivity contribution < 1.29 is 14.6 Å². The first kappa shape index (κ1) is 14.3. The molecule has 5 nitrogen and oxygen atoms in total. The second-order valence-electron chi connectivity index (χ2n) is 5.75. The lowest BCUT2D eigenvalue weighted by molar-refractivity contribution is -0.0528. The smallest absolute Gasteiger partial charge is 0.137 e. The third kappa shape index (κ3) is 3.53. The van der Waals surface area contributed by atoms with Crippen LogP contribution >= 0.6 is 0 Å². The summed E-state index contributed by atoms with van der Waals surface area (Å²) in [5.74, 6) is 0.529. The molecular weight excluding hydrogens is 268 g/mol. The normalized spacial score (nSPS) is 26.3. The number of hydrogen-bond acceptors (Lipinski definition) is 5. The van der Waals surface area contributed by atoms with Crippen LogP contribution in [0.4, 0.5) is 0 Å². The zero-order chi connectivity index (χ0) is 14.7. The van der Waals surface area contributed by atoms with Crippen LogP contribution in [-0.2, 0) is 4.74 Å². The third-order valence-electron chi connectivity index (χ3n) is 4.03. The summed E-state index contributed by atoms with van der Waals surface area (Å²) in [7, 11) is 0. The molecule has 3 rings (SSSR count). The standard InChI is InChI=1S/C16H20N2O3/c17-7-12-3-1-2-4-16(12)20-11-13(19)8-18-9-14-5-6-15(10-18)21-14/h1-4,13-15,19H,5-6,8-11H2. The van der Waals surface area contributed by atoms with Crippen molar-refractivity contribution in [3.05, 3.63) is 29.8 Å². The summed E-state index contributed by atoms with van der Waals surface area (Å²) in [5.41, 5.74) is 0.495. The van der Waals surface area contributed by atoms with Crippen molar-refractivity contribution in [2.45, 2.75) is 31.2 Å². The van der Waals surface area contributed by atoms with E-state index in [2.05, 4.69) is 11.0 Å². The number of nitriles is 1. The lowest BCUT2D eigenvalue weighted by Gasteiger charge is -2.33. The number of aliphatic hydroxyl groups is 1. The van der Waals surface area contributed by atoms with Crippen LogP contribution in [0.5, 0.6) is 5.75 Å². The Morgan fingerprint density at radius 2 is 2.05 bits per heavy atom. The molecule has 3 unspecified atom stereocenters. The SMILES string of the molecule is N#Cc1ccccc1OCC(O)CN1CC2CCC(C1)O2. The average molecular weight is 288 g/mol. The summed E-state index contributed by atoms with van der Waals surface area (Å²) >= 11 is 0. The second kappa shape index (κ2) is 6.44. The fourth-order valence-corrected chi connectivity index (χ4v) is 3.07. The molecule has 2 saturated heterocycles. The molecule has 0 aromatic heterocycles. The molecule has 2 bridgehead atoms. The van der Waals surface area contributed by atoms with Gasteiger partial charge in [0.05, 0.1) is 17.8 Å². The number of β-amino-alcohol motifs (C(OH)–C–C–N with tert-alkyl or cyclic N) is 1. The molecule has 2 aliphatic heterocycles. The Bertz CT molecular complexity index is 516. The van der Waals surface area contributed by atoms with E-state index in [-0.39, 0.29) is 6.61 Å². The summed E-state index contributed by atoms with van der Waals surface area (Å²) in [6.45, 7) is 2.57. The van der Waals surface area contributed by atoms with E-state index in [9.17, 15) is 5.11 Å². The first-order valence-electron chi connectivity index (χ1n) is 7.42. The molecule has 112 valence electrons. The highest BCUT2D eigenvalue weighted by molar-refractivity contribution is 5.42. The summed E-state index contributed by atoms with van der Waals surface area (Å²) in [4.78, 5) is 2.25. The van der Waals surface area contributed by atoms with Gasteiger partial charge in [0.2, 0.25) is 0 Å². The predicted molar refractivity (Wildman–Crippen MR) is 77.0 cm³/mol. The van der Waals surface area contributed by atoms with Crippen molar-refractivity contribution in [2.75, 3.05) is 26.2 Å². The molecule has 1 aromatic rings. The first-order chi connectivity index (χ1) is 10.2. The number of hydrogen-bond donors (Lipinski definition) is 1. The minimum atomic E-state index is -0.561. The molecule has 2 fully saturated rings. The van der Waals surface area contributed by atoms with Crippen LogP contribution < -0.4 is 4.74 Å². The largest absolute Gasteiger partial charge is 0.489 e. The maximum Gasteiger partial charge on any atom is 0.137 e. The minimum absolute atomic E-state index is 0.200. The maximum absolute atomic E-state index is 10.1. The second-order valence-corrected chi connectivity index (χ2v) is 5.75. The van der Waals surface area contributed by atoms with Crippen LogP contribution in [0, 0.1) is 11.3 Å². The third-order valence-corrected chi connectivity index (χ3v) is 4.03. The number of benzene rings is 1. The Labute approximate surface area is 124 Å². The van der Waals surface area contributed by atoms with Crippen molar-refractivity contribution in [3.8, 4) is 11.8 Å². The maximum atomic E-state index is 10.1. The summed E-state index contributed by atoms with van der Waals surface area (Å²) in [6.07, 6.45) is 2.36. The van der Waals surface area contributed by atoms with E-state index in [0.717, 1.165) is 25.9 Å². The van der Waals surface area contributed by atoms with E-state index in [1.165, 1.54) is 0 Å². The lowest BCUT2D eigenvalue weighted by Crippen LogP contribution is -2.46. The van der Waals surface area contributed by atoms with Crippen LogP contribution in [0.3, 0.4) is 0 Å². The van der Waals surface area contributed by atoms with Gasteiger partial charge in [-0.1, -0.05) is 12.1 Å². The van der Waals surface area contributed by atoms with Gasteiger partial charge in [-0.3, -0.25) is 4.90 Å². The van der Waals surface area contributed by atoms with Crippen LogP contribution in [0.15, 0.2) is 24.3 Å². The number of likely N-dealkylation sites (tertiary alicyclic amines) is 1. The monoisotopic (exact) mass is 288 g/mol. The molecule has 3 atom stereocenters. The van der Waals surface area contributed by atoms with Crippen LogP contribution in [0.25, 0.3) is 0 Å². The quantitative estimate of drug-likeness (QED) is 0.881. The predicted octanol–water partition coefficient (Wildman–Crippen LogP) is 1.16. The molecule has 1 aromatic carbocycles. The van der Waals surface area contributed by atoms with Gasteiger partial charge in [0.25, 0.3) is 0 Å².